The minimum atomic E-state index is -3.85. The van der Waals surface area contributed by atoms with Crippen LogP contribution in [0, 0.1) is 11.7 Å². The number of ether oxygens (including phenoxy) is 2. The number of nitrogens with one attached hydrogen (secondary N) is 1. The number of benzene rings is 1. The van der Waals surface area contributed by atoms with E-state index in [2.05, 4.69) is 4.72 Å². The number of halogens is 2. The van der Waals surface area contributed by atoms with Crippen molar-refractivity contribution in [2.75, 3.05) is 26.4 Å². The van der Waals surface area contributed by atoms with Crippen LogP contribution in [0.15, 0.2) is 23.1 Å². The molecule has 0 amide bonds. The molecule has 1 heterocycles. The van der Waals surface area contributed by atoms with Gasteiger partial charge in [-0.25, -0.2) is 17.5 Å². The highest BCUT2D eigenvalue weighted by atomic mass is 35.5. The lowest BCUT2D eigenvalue weighted by atomic mass is 10.1. The van der Waals surface area contributed by atoms with Crippen molar-refractivity contribution < 1.29 is 22.3 Å². The van der Waals surface area contributed by atoms with E-state index in [-0.39, 0.29) is 35.5 Å². The summed E-state index contributed by atoms with van der Waals surface area (Å²) in [4.78, 5) is -0.159. The summed E-state index contributed by atoms with van der Waals surface area (Å²) in [5.41, 5.74) is 4.70. The molecule has 1 unspecified atom stereocenters. The van der Waals surface area contributed by atoms with Gasteiger partial charge >= 0.3 is 0 Å². The normalized spacial score (nSPS) is 18.2. The van der Waals surface area contributed by atoms with E-state index in [0.29, 0.717) is 19.8 Å². The highest BCUT2D eigenvalue weighted by Gasteiger charge is 2.26. The zero-order chi connectivity index (χ0) is 17.1. The Balaban J connectivity index is 0.00000288. The van der Waals surface area contributed by atoms with Crippen molar-refractivity contribution in [2.45, 2.75) is 30.7 Å². The summed E-state index contributed by atoms with van der Waals surface area (Å²) in [5.74, 6) is -0.434. The minimum Gasteiger partial charge on any atom is -0.490 e. The molecule has 1 saturated heterocycles. The highest BCUT2D eigenvalue weighted by Crippen LogP contribution is 2.23. The molecule has 0 aromatic heterocycles. The molecule has 1 aliphatic heterocycles. The Bertz CT molecular complexity index is 649. The molecule has 138 valence electrons. The van der Waals surface area contributed by atoms with Crippen LogP contribution in [0.25, 0.3) is 0 Å². The van der Waals surface area contributed by atoms with Crippen molar-refractivity contribution in [1.29, 1.82) is 0 Å². The fraction of sp³-hybridized carbons (Fsp3) is 0.600. The Morgan fingerprint density at radius 1 is 1.46 bits per heavy atom. The van der Waals surface area contributed by atoms with Crippen LogP contribution in [0.5, 0.6) is 5.75 Å². The van der Waals surface area contributed by atoms with Crippen LogP contribution in [0.4, 0.5) is 4.39 Å². The predicted octanol–water partition coefficient (Wildman–Crippen LogP) is 1.68. The van der Waals surface area contributed by atoms with Gasteiger partial charge in [0.25, 0.3) is 0 Å². The Morgan fingerprint density at radius 2 is 2.17 bits per heavy atom. The van der Waals surface area contributed by atoms with Crippen LogP contribution < -0.4 is 15.2 Å². The van der Waals surface area contributed by atoms with Gasteiger partial charge in [-0.05, 0) is 38.5 Å². The molecule has 6 nitrogen and oxygen atoms in total. The first-order valence-corrected chi connectivity index (χ1v) is 8.96. The molecule has 0 aliphatic carbocycles. The van der Waals surface area contributed by atoms with E-state index in [4.69, 9.17) is 15.2 Å². The lowest BCUT2D eigenvalue weighted by Crippen LogP contribution is -2.48. The topological polar surface area (TPSA) is 90.7 Å². The smallest absolute Gasteiger partial charge is 0.241 e. The van der Waals surface area contributed by atoms with E-state index < -0.39 is 21.4 Å². The summed E-state index contributed by atoms with van der Waals surface area (Å²) < 4.78 is 51.7. The first-order chi connectivity index (χ1) is 10.7. The summed E-state index contributed by atoms with van der Waals surface area (Å²) in [6.07, 6.45) is 0.881. The summed E-state index contributed by atoms with van der Waals surface area (Å²) in [7, 11) is -3.85. The van der Waals surface area contributed by atoms with E-state index >= 15 is 0 Å². The van der Waals surface area contributed by atoms with Gasteiger partial charge in [0, 0.05) is 24.6 Å². The number of nitrogens with two attached hydrogens (primary N) is 1. The van der Waals surface area contributed by atoms with Gasteiger partial charge in [0.15, 0.2) is 11.6 Å². The van der Waals surface area contributed by atoms with Gasteiger partial charge in [-0.15, -0.1) is 12.4 Å². The minimum absolute atomic E-state index is 0. The van der Waals surface area contributed by atoms with Crippen LogP contribution in [-0.4, -0.2) is 40.3 Å². The van der Waals surface area contributed by atoms with E-state index in [1.807, 2.05) is 0 Å². The van der Waals surface area contributed by atoms with Gasteiger partial charge in [-0.2, -0.15) is 0 Å². The Hall–Kier alpha value is -0.930. The molecule has 1 atom stereocenters. The fourth-order valence-electron chi connectivity index (χ4n) is 2.15. The summed E-state index contributed by atoms with van der Waals surface area (Å²) in [6, 6.07) is 3.60. The van der Waals surface area contributed by atoms with E-state index in [0.717, 1.165) is 12.5 Å². The number of hydrogen-bond acceptors (Lipinski definition) is 5. The van der Waals surface area contributed by atoms with E-state index in [9.17, 15) is 12.8 Å². The van der Waals surface area contributed by atoms with Gasteiger partial charge < -0.3 is 15.2 Å². The molecule has 0 radical (unpaired) electrons. The molecule has 1 aliphatic rings. The van der Waals surface area contributed by atoms with Gasteiger partial charge in [-0.3, -0.25) is 0 Å². The molecule has 0 bridgehead atoms. The van der Waals surface area contributed by atoms with Crippen LogP contribution >= 0.6 is 12.4 Å². The molecule has 0 spiro atoms. The lowest BCUT2D eigenvalue weighted by molar-refractivity contribution is 0.165. The molecule has 24 heavy (non-hydrogen) atoms. The Morgan fingerprint density at radius 3 is 2.71 bits per heavy atom. The third kappa shape index (κ3) is 5.56. The Labute approximate surface area is 148 Å². The number of sulfonamides is 1. The zero-order valence-corrected chi connectivity index (χ0v) is 15.4. The maximum atomic E-state index is 14.1. The molecule has 9 heteroatoms. The molecule has 1 aromatic carbocycles. The molecule has 1 aromatic rings. The van der Waals surface area contributed by atoms with E-state index in [1.54, 1.807) is 13.8 Å². The standard InChI is InChI=1S/C15H23FN2O4S.ClH/c1-15(2,10-17)18-23(19,20)12-3-4-14(13(16)7-12)22-9-11-5-6-21-8-11;/h3-4,7,11,18H,5-6,8-10,17H2,1-2H3;1H. The van der Waals surface area contributed by atoms with Gasteiger partial charge in [-0.1, -0.05) is 0 Å². The number of rotatable bonds is 7. The summed E-state index contributed by atoms with van der Waals surface area (Å²) >= 11 is 0. The quantitative estimate of drug-likeness (QED) is 0.748. The van der Waals surface area contributed by atoms with Gasteiger partial charge in [0.05, 0.1) is 18.1 Å². The van der Waals surface area contributed by atoms with Crippen LogP contribution in [0.2, 0.25) is 0 Å². The van der Waals surface area contributed by atoms with Crippen molar-refractivity contribution in [3.63, 3.8) is 0 Å². The third-order valence-corrected chi connectivity index (χ3v) is 5.33. The molecular weight excluding hydrogens is 359 g/mol. The second-order valence-electron chi connectivity index (χ2n) is 6.33. The average molecular weight is 383 g/mol. The number of hydrogen-bond donors (Lipinski definition) is 2. The van der Waals surface area contributed by atoms with Crippen LogP contribution in [0.3, 0.4) is 0 Å². The third-order valence-electron chi connectivity index (χ3n) is 3.63. The molecule has 3 N–H and O–H groups in total. The van der Waals surface area contributed by atoms with Crippen molar-refractivity contribution in [3.8, 4) is 5.75 Å². The molecule has 0 saturated carbocycles. The largest absolute Gasteiger partial charge is 0.490 e. The second kappa shape index (κ2) is 8.44. The first-order valence-electron chi connectivity index (χ1n) is 7.48. The van der Waals surface area contributed by atoms with Crippen molar-refractivity contribution >= 4 is 22.4 Å². The van der Waals surface area contributed by atoms with Gasteiger partial charge in [0.2, 0.25) is 10.0 Å². The zero-order valence-electron chi connectivity index (χ0n) is 13.7. The van der Waals surface area contributed by atoms with E-state index in [1.165, 1.54) is 12.1 Å². The Kier molecular flexibility index (Phi) is 7.43. The monoisotopic (exact) mass is 382 g/mol. The fourth-order valence-corrected chi connectivity index (χ4v) is 3.59. The second-order valence-corrected chi connectivity index (χ2v) is 8.01. The summed E-state index contributed by atoms with van der Waals surface area (Å²) in [6.45, 7) is 5.08. The van der Waals surface area contributed by atoms with Gasteiger partial charge in [0.1, 0.15) is 0 Å². The molecule has 1 fully saturated rings. The van der Waals surface area contributed by atoms with Crippen LogP contribution in [0.1, 0.15) is 20.3 Å². The predicted molar refractivity (Wildman–Crippen MR) is 91.5 cm³/mol. The first kappa shape index (κ1) is 21.1. The van der Waals surface area contributed by atoms with Crippen molar-refractivity contribution in [2.24, 2.45) is 11.7 Å². The maximum Gasteiger partial charge on any atom is 0.241 e. The maximum absolute atomic E-state index is 14.1. The summed E-state index contributed by atoms with van der Waals surface area (Å²) in [5, 5.41) is 0. The molecular formula is C15H24ClFN2O4S. The molecule has 2 rings (SSSR count). The lowest BCUT2D eigenvalue weighted by Gasteiger charge is -2.24. The van der Waals surface area contributed by atoms with Crippen molar-refractivity contribution in [1.82, 2.24) is 4.72 Å². The SMILES string of the molecule is CC(C)(CN)NS(=O)(=O)c1ccc(OCC2CCOC2)c(F)c1.Cl. The van der Waals surface area contributed by atoms with Crippen molar-refractivity contribution in [3.05, 3.63) is 24.0 Å². The van der Waals surface area contributed by atoms with Crippen LogP contribution in [-0.2, 0) is 14.8 Å². The highest BCUT2D eigenvalue weighted by molar-refractivity contribution is 7.89. The average Bonchev–Trinajstić information content (AvgIpc) is 2.98.